The van der Waals surface area contributed by atoms with Gasteiger partial charge in [-0.25, -0.2) is 0 Å². The van der Waals surface area contributed by atoms with Gasteiger partial charge in [-0.15, -0.1) is 0 Å². The fraction of sp³-hybridized carbons (Fsp3) is 0.941. The van der Waals surface area contributed by atoms with E-state index in [1.165, 1.54) is 32.1 Å². The summed E-state index contributed by atoms with van der Waals surface area (Å²) < 4.78 is 5.35. The molecule has 1 N–H and O–H groups in total. The van der Waals surface area contributed by atoms with Gasteiger partial charge in [-0.05, 0) is 52.0 Å². The van der Waals surface area contributed by atoms with Crippen LogP contribution in [-0.2, 0) is 9.53 Å². The third kappa shape index (κ3) is 4.62. The Balaban J connectivity index is 1.91. The standard InChI is InChI=1S/C17H31NO2S/c1-3-12-18-17(16(19)20-4-2)11-10-15(13-17)21-14-8-6-5-7-9-14/h14-15,18H,3-13H2,1-2H3. The van der Waals surface area contributed by atoms with Gasteiger partial charge in [0.05, 0.1) is 6.61 Å². The van der Waals surface area contributed by atoms with Gasteiger partial charge in [-0.2, -0.15) is 11.8 Å². The fourth-order valence-electron chi connectivity index (χ4n) is 3.64. The van der Waals surface area contributed by atoms with Gasteiger partial charge >= 0.3 is 5.97 Å². The zero-order chi connectivity index (χ0) is 15.1. The maximum absolute atomic E-state index is 12.4. The van der Waals surface area contributed by atoms with Crippen molar-refractivity contribution >= 4 is 17.7 Å². The summed E-state index contributed by atoms with van der Waals surface area (Å²) in [4.78, 5) is 12.4. The monoisotopic (exact) mass is 313 g/mol. The number of carbonyl (C=O) groups is 1. The van der Waals surface area contributed by atoms with Crippen LogP contribution in [0.5, 0.6) is 0 Å². The molecule has 2 rings (SSSR count). The lowest BCUT2D eigenvalue weighted by molar-refractivity contribution is -0.151. The quantitative estimate of drug-likeness (QED) is 0.723. The van der Waals surface area contributed by atoms with Crippen molar-refractivity contribution in [2.45, 2.75) is 87.7 Å². The molecule has 4 heteroatoms. The van der Waals surface area contributed by atoms with E-state index in [9.17, 15) is 4.79 Å². The predicted octanol–water partition coefficient (Wildman–Crippen LogP) is 3.91. The van der Waals surface area contributed by atoms with Gasteiger partial charge in [0, 0.05) is 10.5 Å². The van der Waals surface area contributed by atoms with Gasteiger partial charge < -0.3 is 10.1 Å². The summed E-state index contributed by atoms with van der Waals surface area (Å²) in [6.45, 7) is 5.43. The topological polar surface area (TPSA) is 38.3 Å². The van der Waals surface area contributed by atoms with Crippen molar-refractivity contribution in [3.63, 3.8) is 0 Å². The Morgan fingerprint density at radius 1 is 1.19 bits per heavy atom. The van der Waals surface area contributed by atoms with Gasteiger partial charge in [-0.3, -0.25) is 4.79 Å². The average Bonchev–Trinajstić information content (AvgIpc) is 2.91. The van der Waals surface area contributed by atoms with Crippen LogP contribution < -0.4 is 5.32 Å². The summed E-state index contributed by atoms with van der Waals surface area (Å²) in [6.07, 6.45) is 11.0. The number of esters is 1. The lowest BCUT2D eigenvalue weighted by Gasteiger charge is -2.29. The molecule has 0 radical (unpaired) electrons. The minimum Gasteiger partial charge on any atom is -0.465 e. The summed E-state index contributed by atoms with van der Waals surface area (Å²) in [5, 5.41) is 4.96. The first-order valence-corrected chi connectivity index (χ1v) is 9.72. The van der Waals surface area contributed by atoms with Crippen LogP contribution in [0.3, 0.4) is 0 Å². The van der Waals surface area contributed by atoms with E-state index < -0.39 is 5.54 Å². The maximum atomic E-state index is 12.4. The second-order valence-electron chi connectivity index (χ2n) is 6.49. The second kappa shape index (κ2) is 8.42. The highest BCUT2D eigenvalue weighted by Gasteiger charge is 2.46. The molecule has 0 amide bonds. The van der Waals surface area contributed by atoms with Crippen LogP contribution in [0.4, 0.5) is 0 Å². The fourth-order valence-corrected chi connectivity index (χ4v) is 5.43. The van der Waals surface area contributed by atoms with Crippen molar-refractivity contribution in [3.05, 3.63) is 0 Å². The summed E-state index contributed by atoms with van der Waals surface area (Å²) >= 11 is 2.15. The molecular formula is C17H31NO2S. The number of ether oxygens (including phenoxy) is 1. The molecule has 2 fully saturated rings. The molecule has 0 saturated heterocycles. The van der Waals surface area contributed by atoms with Crippen molar-refractivity contribution in [1.82, 2.24) is 5.32 Å². The predicted molar refractivity (Wildman–Crippen MR) is 89.8 cm³/mol. The molecule has 0 aromatic carbocycles. The molecular weight excluding hydrogens is 282 g/mol. The van der Waals surface area contributed by atoms with E-state index in [0.717, 1.165) is 37.5 Å². The van der Waals surface area contributed by atoms with E-state index in [0.29, 0.717) is 11.9 Å². The van der Waals surface area contributed by atoms with Gasteiger partial charge in [0.2, 0.25) is 0 Å². The molecule has 0 aliphatic heterocycles. The Kier molecular flexibility index (Phi) is 6.87. The van der Waals surface area contributed by atoms with Crippen molar-refractivity contribution in [2.24, 2.45) is 0 Å². The average molecular weight is 314 g/mol. The van der Waals surface area contributed by atoms with Crippen LogP contribution in [0.15, 0.2) is 0 Å². The summed E-state index contributed by atoms with van der Waals surface area (Å²) in [6, 6.07) is 0. The molecule has 2 saturated carbocycles. The Hall–Kier alpha value is -0.220. The lowest BCUT2D eigenvalue weighted by atomic mass is 9.97. The summed E-state index contributed by atoms with van der Waals surface area (Å²) in [5.41, 5.74) is -0.404. The molecule has 2 unspecified atom stereocenters. The molecule has 122 valence electrons. The number of thioether (sulfide) groups is 1. The number of hydrogen-bond donors (Lipinski definition) is 1. The van der Waals surface area contributed by atoms with Crippen LogP contribution in [0.2, 0.25) is 0 Å². The zero-order valence-corrected chi connectivity index (χ0v) is 14.5. The maximum Gasteiger partial charge on any atom is 0.326 e. The van der Waals surface area contributed by atoms with Crippen molar-refractivity contribution in [2.75, 3.05) is 13.2 Å². The number of rotatable bonds is 7. The lowest BCUT2D eigenvalue weighted by Crippen LogP contribution is -2.51. The first kappa shape index (κ1) is 17.1. The van der Waals surface area contributed by atoms with Gasteiger partial charge in [-0.1, -0.05) is 26.2 Å². The molecule has 21 heavy (non-hydrogen) atoms. The van der Waals surface area contributed by atoms with Crippen LogP contribution >= 0.6 is 11.8 Å². The highest BCUT2D eigenvalue weighted by molar-refractivity contribution is 8.00. The number of carbonyl (C=O) groups excluding carboxylic acids is 1. The van der Waals surface area contributed by atoms with E-state index in [-0.39, 0.29) is 5.97 Å². The third-order valence-electron chi connectivity index (χ3n) is 4.79. The molecule has 0 bridgehead atoms. The minimum atomic E-state index is -0.404. The normalized spacial score (nSPS) is 30.5. The minimum absolute atomic E-state index is 0.0230. The smallest absolute Gasteiger partial charge is 0.326 e. The van der Waals surface area contributed by atoms with Crippen molar-refractivity contribution in [3.8, 4) is 0 Å². The first-order chi connectivity index (χ1) is 10.2. The second-order valence-corrected chi connectivity index (χ2v) is 8.10. The Bertz CT molecular complexity index is 331. The molecule has 0 aromatic heterocycles. The Morgan fingerprint density at radius 2 is 1.95 bits per heavy atom. The third-order valence-corrected chi connectivity index (χ3v) is 6.43. The molecule has 3 nitrogen and oxygen atoms in total. The Labute approximate surface area is 134 Å². The van der Waals surface area contributed by atoms with Crippen LogP contribution in [0, 0.1) is 0 Å². The zero-order valence-electron chi connectivity index (χ0n) is 13.7. The summed E-state index contributed by atoms with van der Waals surface area (Å²) in [5.74, 6) is -0.0230. The van der Waals surface area contributed by atoms with E-state index in [2.05, 4.69) is 24.0 Å². The van der Waals surface area contributed by atoms with Crippen LogP contribution in [-0.4, -0.2) is 35.2 Å². The SMILES string of the molecule is CCCNC1(C(=O)OCC)CCC(SC2CCCCC2)C1. The van der Waals surface area contributed by atoms with Crippen molar-refractivity contribution < 1.29 is 9.53 Å². The first-order valence-electron chi connectivity index (χ1n) is 8.78. The van der Waals surface area contributed by atoms with E-state index >= 15 is 0 Å². The highest BCUT2D eigenvalue weighted by Crippen LogP contribution is 2.42. The van der Waals surface area contributed by atoms with Crippen LogP contribution in [0.1, 0.15) is 71.6 Å². The van der Waals surface area contributed by atoms with E-state index in [1.807, 2.05) is 6.92 Å². The van der Waals surface area contributed by atoms with E-state index in [4.69, 9.17) is 4.74 Å². The Morgan fingerprint density at radius 3 is 2.62 bits per heavy atom. The summed E-state index contributed by atoms with van der Waals surface area (Å²) in [7, 11) is 0. The molecule has 2 atom stereocenters. The van der Waals surface area contributed by atoms with Gasteiger partial charge in [0.1, 0.15) is 5.54 Å². The number of nitrogens with one attached hydrogen (secondary N) is 1. The van der Waals surface area contributed by atoms with Gasteiger partial charge in [0.25, 0.3) is 0 Å². The van der Waals surface area contributed by atoms with Crippen molar-refractivity contribution in [1.29, 1.82) is 0 Å². The van der Waals surface area contributed by atoms with Crippen LogP contribution in [0.25, 0.3) is 0 Å². The molecule has 0 spiro atoms. The molecule has 0 aromatic rings. The van der Waals surface area contributed by atoms with E-state index in [1.54, 1.807) is 0 Å². The van der Waals surface area contributed by atoms with Gasteiger partial charge in [0.15, 0.2) is 0 Å². The highest BCUT2D eigenvalue weighted by atomic mass is 32.2. The largest absolute Gasteiger partial charge is 0.465 e. The molecule has 2 aliphatic rings. The molecule has 2 aliphatic carbocycles. The number of hydrogen-bond acceptors (Lipinski definition) is 4. The molecule has 0 heterocycles.